The Balaban J connectivity index is 1.91. The van der Waals surface area contributed by atoms with Gasteiger partial charge in [-0.1, -0.05) is 49.7 Å². The van der Waals surface area contributed by atoms with Crippen molar-refractivity contribution >= 4 is 12.0 Å². The van der Waals surface area contributed by atoms with Gasteiger partial charge in [-0.05, 0) is 77.3 Å². The highest BCUT2D eigenvalue weighted by molar-refractivity contribution is 5.87. The first kappa shape index (κ1) is 24.2. The van der Waals surface area contributed by atoms with Crippen LogP contribution < -0.4 is 0 Å². The van der Waals surface area contributed by atoms with E-state index in [1.54, 1.807) is 0 Å². The average molecular weight is 435 g/mol. The first-order valence-electron chi connectivity index (χ1n) is 11.9. The lowest BCUT2D eigenvalue weighted by Gasteiger charge is -2.25. The molecule has 1 fully saturated rings. The van der Waals surface area contributed by atoms with Gasteiger partial charge in [0.15, 0.2) is 0 Å². The lowest BCUT2D eigenvalue weighted by molar-refractivity contribution is -0.148. The van der Waals surface area contributed by atoms with E-state index in [2.05, 4.69) is 68.3 Å². The lowest BCUT2D eigenvalue weighted by Crippen LogP contribution is -2.27. The fraction of sp³-hybridized carbons (Fsp3) is 0.500. The van der Waals surface area contributed by atoms with Crippen LogP contribution in [0.3, 0.4) is 0 Å². The lowest BCUT2D eigenvalue weighted by atomic mass is 9.90. The Kier molecular flexibility index (Phi) is 7.89. The van der Waals surface area contributed by atoms with Gasteiger partial charge in [0.1, 0.15) is 5.60 Å². The summed E-state index contributed by atoms with van der Waals surface area (Å²) < 4.78 is 5.47. The van der Waals surface area contributed by atoms with E-state index in [-0.39, 0.29) is 12.0 Å². The van der Waals surface area contributed by atoms with Crippen molar-refractivity contribution in [1.82, 2.24) is 9.88 Å². The van der Waals surface area contributed by atoms with Crippen molar-refractivity contribution in [2.75, 3.05) is 7.05 Å². The molecule has 0 bridgehead atoms. The SMILES string of the molecule is CCCCc1ccc(C2CC(c3ccccc3)[C@H](C)N2C)c(/C=C/C(=O)OC(C)(C)C)n1. The normalized spacial score (nSPS) is 21.9. The fourth-order valence-corrected chi connectivity index (χ4v) is 4.56. The van der Waals surface area contributed by atoms with Gasteiger partial charge in [-0.25, -0.2) is 4.79 Å². The summed E-state index contributed by atoms with van der Waals surface area (Å²) in [6.07, 6.45) is 7.59. The summed E-state index contributed by atoms with van der Waals surface area (Å²) in [4.78, 5) is 19.7. The van der Waals surface area contributed by atoms with Crippen molar-refractivity contribution in [2.45, 2.75) is 83.9 Å². The number of pyridine rings is 1. The molecule has 4 nitrogen and oxygen atoms in total. The van der Waals surface area contributed by atoms with Gasteiger partial charge in [-0.15, -0.1) is 0 Å². The number of unbranched alkanes of at least 4 members (excludes halogenated alkanes) is 1. The minimum absolute atomic E-state index is 0.251. The van der Waals surface area contributed by atoms with E-state index < -0.39 is 5.60 Å². The molecule has 0 N–H and O–H groups in total. The summed E-state index contributed by atoms with van der Waals surface area (Å²) in [6.45, 7) is 10.1. The molecule has 1 aliphatic rings. The molecule has 2 heterocycles. The van der Waals surface area contributed by atoms with Crippen LogP contribution in [0.25, 0.3) is 6.08 Å². The van der Waals surface area contributed by atoms with Crippen LogP contribution in [0, 0.1) is 0 Å². The van der Waals surface area contributed by atoms with Gasteiger partial charge in [-0.2, -0.15) is 0 Å². The maximum Gasteiger partial charge on any atom is 0.331 e. The number of carbonyl (C=O) groups is 1. The van der Waals surface area contributed by atoms with Crippen LogP contribution in [0.2, 0.25) is 0 Å². The van der Waals surface area contributed by atoms with Crippen LogP contribution in [0.1, 0.15) is 88.4 Å². The predicted octanol–water partition coefficient (Wildman–Crippen LogP) is 6.33. The number of aryl methyl sites for hydroxylation is 1. The molecule has 3 atom stereocenters. The second-order valence-corrected chi connectivity index (χ2v) is 9.92. The number of benzene rings is 1. The topological polar surface area (TPSA) is 42.4 Å². The number of hydrogen-bond acceptors (Lipinski definition) is 4. The van der Waals surface area contributed by atoms with Gasteiger partial charge in [-0.3, -0.25) is 9.88 Å². The third-order valence-corrected chi connectivity index (χ3v) is 6.37. The molecule has 2 aromatic rings. The van der Waals surface area contributed by atoms with Crippen LogP contribution in [0.4, 0.5) is 0 Å². The molecule has 0 spiro atoms. The average Bonchev–Trinajstić information content (AvgIpc) is 3.05. The molecule has 0 aliphatic carbocycles. The molecule has 0 radical (unpaired) electrons. The molecule has 1 aromatic heterocycles. The Bertz CT molecular complexity index is 930. The summed E-state index contributed by atoms with van der Waals surface area (Å²) in [5.41, 5.74) is 4.01. The van der Waals surface area contributed by atoms with Crippen LogP contribution in [-0.4, -0.2) is 34.5 Å². The molecule has 172 valence electrons. The Hall–Kier alpha value is -2.46. The Labute approximate surface area is 193 Å². The molecule has 1 saturated heterocycles. The summed E-state index contributed by atoms with van der Waals surface area (Å²) in [5, 5.41) is 0. The monoisotopic (exact) mass is 434 g/mol. The van der Waals surface area contributed by atoms with Gasteiger partial charge < -0.3 is 4.74 Å². The molecule has 3 rings (SSSR count). The number of aromatic nitrogens is 1. The first-order chi connectivity index (χ1) is 15.2. The van der Waals surface area contributed by atoms with E-state index in [0.29, 0.717) is 12.0 Å². The zero-order valence-corrected chi connectivity index (χ0v) is 20.5. The second kappa shape index (κ2) is 10.4. The van der Waals surface area contributed by atoms with Gasteiger partial charge in [0, 0.05) is 29.8 Å². The zero-order chi connectivity index (χ0) is 23.3. The van der Waals surface area contributed by atoms with E-state index in [0.717, 1.165) is 37.1 Å². The number of likely N-dealkylation sites (N-methyl/N-ethyl adjacent to an activating group) is 1. The number of rotatable bonds is 7. The maximum absolute atomic E-state index is 12.3. The zero-order valence-electron chi connectivity index (χ0n) is 20.5. The van der Waals surface area contributed by atoms with E-state index in [1.807, 2.05) is 26.8 Å². The number of likely N-dealkylation sites (tertiary alicyclic amines) is 1. The fourth-order valence-electron chi connectivity index (χ4n) is 4.56. The molecule has 1 aliphatic heterocycles. The second-order valence-electron chi connectivity index (χ2n) is 9.92. The largest absolute Gasteiger partial charge is 0.457 e. The molecule has 4 heteroatoms. The smallest absolute Gasteiger partial charge is 0.331 e. The third kappa shape index (κ3) is 6.07. The number of ether oxygens (including phenoxy) is 1. The van der Waals surface area contributed by atoms with Crippen molar-refractivity contribution in [3.8, 4) is 0 Å². The highest BCUT2D eigenvalue weighted by Crippen LogP contribution is 2.44. The standard InChI is InChI=1S/C28H38N2O2/c1-7-8-14-22-15-16-23(25(29-22)17-18-27(31)32-28(3,4)5)26-19-24(20(2)30(26)6)21-12-10-9-11-13-21/h9-13,15-18,20,24,26H,7-8,14,19H2,1-6H3/b18-17+/t20-,24?,26?/m0/s1. The molecular formula is C28H38N2O2. The van der Waals surface area contributed by atoms with E-state index in [4.69, 9.17) is 9.72 Å². The van der Waals surface area contributed by atoms with Crippen molar-refractivity contribution in [3.63, 3.8) is 0 Å². The van der Waals surface area contributed by atoms with Crippen molar-refractivity contribution in [1.29, 1.82) is 0 Å². The van der Waals surface area contributed by atoms with E-state index >= 15 is 0 Å². The molecule has 2 unspecified atom stereocenters. The highest BCUT2D eigenvalue weighted by atomic mass is 16.6. The summed E-state index contributed by atoms with van der Waals surface area (Å²) in [7, 11) is 2.20. The number of esters is 1. The van der Waals surface area contributed by atoms with Crippen LogP contribution in [0.15, 0.2) is 48.5 Å². The highest BCUT2D eigenvalue weighted by Gasteiger charge is 2.38. The molecule has 0 amide bonds. The predicted molar refractivity (Wildman–Crippen MR) is 131 cm³/mol. The van der Waals surface area contributed by atoms with E-state index in [1.165, 1.54) is 17.2 Å². The van der Waals surface area contributed by atoms with Gasteiger partial charge in [0.05, 0.1) is 5.69 Å². The van der Waals surface area contributed by atoms with Gasteiger partial charge >= 0.3 is 5.97 Å². The molecule has 0 saturated carbocycles. The van der Waals surface area contributed by atoms with Crippen LogP contribution >= 0.6 is 0 Å². The Morgan fingerprint density at radius 3 is 2.56 bits per heavy atom. The minimum atomic E-state index is -0.509. The van der Waals surface area contributed by atoms with Crippen LogP contribution in [0.5, 0.6) is 0 Å². The summed E-state index contributed by atoms with van der Waals surface area (Å²) >= 11 is 0. The number of carbonyl (C=O) groups excluding carboxylic acids is 1. The summed E-state index contributed by atoms with van der Waals surface area (Å²) in [5.74, 6) is 0.133. The maximum atomic E-state index is 12.3. The molecule has 32 heavy (non-hydrogen) atoms. The molecular weight excluding hydrogens is 396 g/mol. The van der Waals surface area contributed by atoms with Crippen molar-refractivity contribution < 1.29 is 9.53 Å². The van der Waals surface area contributed by atoms with Crippen molar-refractivity contribution in [3.05, 3.63) is 71.1 Å². The van der Waals surface area contributed by atoms with Crippen molar-refractivity contribution in [2.24, 2.45) is 0 Å². The third-order valence-electron chi connectivity index (χ3n) is 6.37. The number of nitrogens with zero attached hydrogens (tertiary/aromatic N) is 2. The quantitative estimate of drug-likeness (QED) is 0.377. The first-order valence-corrected chi connectivity index (χ1v) is 11.9. The Morgan fingerprint density at radius 1 is 1.19 bits per heavy atom. The van der Waals surface area contributed by atoms with Gasteiger partial charge in [0.25, 0.3) is 0 Å². The van der Waals surface area contributed by atoms with E-state index in [9.17, 15) is 4.79 Å². The van der Waals surface area contributed by atoms with Crippen LogP contribution in [-0.2, 0) is 16.0 Å². The number of hydrogen-bond donors (Lipinski definition) is 0. The molecule has 1 aromatic carbocycles. The minimum Gasteiger partial charge on any atom is -0.457 e. The summed E-state index contributed by atoms with van der Waals surface area (Å²) in [6, 6.07) is 15.8. The van der Waals surface area contributed by atoms with Gasteiger partial charge in [0.2, 0.25) is 0 Å². The Morgan fingerprint density at radius 2 is 1.91 bits per heavy atom.